The van der Waals surface area contributed by atoms with Crippen LogP contribution >= 0.6 is 11.3 Å². The fourth-order valence-electron chi connectivity index (χ4n) is 4.06. The molecule has 0 saturated heterocycles. The summed E-state index contributed by atoms with van der Waals surface area (Å²) in [5, 5.41) is 0. The van der Waals surface area contributed by atoms with E-state index in [-0.39, 0.29) is 29.3 Å². The van der Waals surface area contributed by atoms with Gasteiger partial charge in [-0.3, -0.25) is 14.3 Å². The summed E-state index contributed by atoms with van der Waals surface area (Å²) in [7, 11) is -2.40. The number of thiazole rings is 1. The highest BCUT2D eigenvalue weighted by Crippen LogP contribution is 2.22. The molecule has 0 radical (unpaired) electrons. The highest BCUT2D eigenvalue weighted by molar-refractivity contribution is 7.92. The monoisotopic (exact) mass is 581 g/mol. The number of unbranched alkanes of at least 4 members (excludes halogenated alkanes) is 1. The van der Waals surface area contributed by atoms with Crippen molar-refractivity contribution in [1.82, 2.24) is 4.57 Å². The van der Waals surface area contributed by atoms with E-state index >= 15 is 0 Å². The van der Waals surface area contributed by atoms with E-state index in [0.29, 0.717) is 10.6 Å². The van der Waals surface area contributed by atoms with Gasteiger partial charge in [-0.05, 0) is 79.9 Å². The number of fused-ring (bicyclic) bond motifs is 1. The number of benzene rings is 3. The Kier molecular flexibility index (Phi) is 9.38. The van der Waals surface area contributed by atoms with E-state index in [0.717, 1.165) is 29.5 Å². The van der Waals surface area contributed by atoms with Gasteiger partial charge in [0.1, 0.15) is 12.3 Å². The van der Waals surface area contributed by atoms with Crippen molar-refractivity contribution in [1.29, 1.82) is 0 Å². The number of nitrogens with one attached hydrogen (secondary N) is 1. The van der Waals surface area contributed by atoms with Crippen LogP contribution in [0.25, 0.3) is 10.2 Å². The molecule has 40 heavy (non-hydrogen) atoms. The minimum absolute atomic E-state index is 0.0540. The number of carbonyl (C=O) groups excluding carboxylic acids is 2. The minimum atomic E-state index is -3.89. The predicted molar refractivity (Wildman–Crippen MR) is 155 cm³/mol. The van der Waals surface area contributed by atoms with Crippen LogP contribution in [0, 0.1) is 0 Å². The third kappa shape index (κ3) is 6.97. The Labute approximate surface area is 237 Å². The molecule has 0 aliphatic carbocycles. The SMILES string of the molecule is CCCCc1ccc2c(c1)sc(=NC(=O)c1cccc(NS(=O)(=O)c3ccc(OC)cc3)c1)n2CC(=O)OCC. The molecule has 0 spiro atoms. The summed E-state index contributed by atoms with van der Waals surface area (Å²) < 4.78 is 41.0. The molecule has 0 bridgehead atoms. The van der Waals surface area contributed by atoms with Crippen molar-refractivity contribution in [2.75, 3.05) is 18.4 Å². The van der Waals surface area contributed by atoms with E-state index in [1.807, 2.05) is 12.1 Å². The van der Waals surface area contributed by atoms with Crippen molar-refractivity contribution in [3.05, 3.63) is 82.7 Å². The molecule has 0 saturated carbocycles. The first kappa shape index (κ1) is 29.0. The lowest BCUT2D eigenvalue weighted by atomic mass is 10.1. The molecule has 0 aliphatic heterocycles. The van der Waals surface area contributed by atoms with E-state index in [2.05, 4.69) is 22.7 Å². The van der Waals surface area contributed by atoms with Crippen molar-refractivity contribution >= 4 is 49.1 Å². The maximum atomic E-state index is 13.2. The number of esters is 1. The molecule has 0 atom stereocenters. The Bertz CT molecular complexity index is 1690. The lowest BCUT2D eigenvalue weighted by Crippen LogP contribution is -2.23. The third-order valence-corrected chi connectivity index (χ3v) is 8.53. The van der Waals surface area contributed by atoms with Gasteiger partial charge >= 0.3 is 5.97 Å². The van der Waals surface area contributed by atoms with Crippen LogP contribution in [0.3, 0.4) is 0 Å². The average molecular weight is 582 g/mol. The lowest BCUT2D eigenvalue weighted by Gasteiger charge is -2.09. The number of ether oxygens (including phenoxy) is 2. The molecular weight excluding hydrogens is 550 g/mol. The molecule has 1 amide bonds. The number of carbonyl (C=O) groups is 2. The van der Waals surface area contributed by atoms with E-state index in [9.17, 15) is 18.0 Å². The van der Waals surface area contributed by atoms with Crippen LogP contribution in [0.1, 0.15) is 42.6 Å². The van der Waals surface area contributed by atoms with Crippen molar-refractivity contribution in [3.63, 3.8) is 0 Å². The molecule has 1 N–H and O–H groups in total. The van der Waals surface area contributed by atoms with E-state index in [1.54, 1.807) is 41.8 Å². The largest absolute Gasteiger partial charge is 0.497 e. The maximum absolute atomic E-state index is 13.2. The zero-order chi connectivity index (χ0) is 28.7. The van der Waals surface area contributed by atoms with Gasteiger partial charge in [-0.2, -0.15) is 4.99 Å². The molecule has 0 unspecified atom stereocenters. The van der Waals surface area contributed by atoms with E-state index < -0.39 is 21.9 Å². The van der Waals surface area contributed by atoms with E-state index in [1.165, 1.54) is 42.2 Å². The summed E-state index contributed by atoms with van der Waals surface area (Å²) in [6, 6.07) is 18.1. The molecule has 4 aromatic rings. The Morgan fingerprint density at radius 3 is 2.50 bits per heavy atom. The smallest absolute Gasteiger partial charge is 0.326 e. The molecule has 3 aromatic carbocycles. The molecule has 4 rings (SSSR count). The summed E-state index contributed by atoms with van der Waals surface area (Å²) in [6.45, 7) is 4.03. The fourth-order valence-corrected chi connectivity index (χ4v) is 6.20. The quantitative estimate of drug-likeness (QED) is 0.245. The number of anilines is 1. The van der Waals surface area contributed by atoms with Crippen molar-refractivity contribution in [2.45, 2.75) is 44.6 Å². The molecule has 210 valence electrons. The first-order valence-corrected chi connectivity index (χ1v) is 15.2. The summed E-state index contributed by atoms with van der Waals surface area (Å²) in [4.78, 5) is 30.3. The predicted octanol–water partition coefficient (Wildman–Crippen LogP) is 5.16. The molecule has 9 nitrogen and oxygen atoms in total. The Morgan fingerprint density at radius 2 is 1.80 bits per heavy atom. The van der Waals surface area contributed by atoms with Crippen molar-refractivity contribution in [3.8, 4) is 5.75 Å². The van der Waals surface area contributed by atoms with Crippen LogP contribution < -0.4 is 14.3 Å². The average Bonchev–Trinajstić information content (AvgIpc) is 3.27. The van der Waals surface area contributed by atoms with Crippen LogP contribution in [0.15, 0.2) is 76.6 Å². The van der Waals surface area contributed by atoms with Gasteiger partial charge in [0.05, 0.1) is 28.8 Å². The normalized spacial score (nSPS) is 11.9. The summed E-state index contributed by atoms with van der Waals surface area (Å²) >= 11 is 1.31. The van der Waals surface area contributed by atoms with Crippen LogP contribution in [-0.4, -0.2) is 38.6 Å². The van der Waals surface area contributed by atoms with Gasteiger partial charge in [0.25, 0.3) is 15.9 Å². The summed E-state index contributed by atoms with van der Waals surface area (Å²) in [6.07, 6.45) is 3.08. The first-order valence-electron chi connectivity index (χ1n) is 12.9. The first-order chi connectivity index (χ1) is 19.2. The Morgan fingerprint density at radius 1 is 1.02 bits per heavy atom. The van der Waals surface area contributed by atoms with Gasteiger partial charge in [-0.1, -0.05) is 36.8 Å². The second-order valence-corrected chi connectivity index (χ2v) is 11.7. The van der Waals surface area contributed by atoms with Gasteiger partial charge in [0, 0.05) is 11.3 Å². The number of methoxy groups -OCH3 is 1. The van der Waals surface area contributed by atoms with Crippen LogP contribution in [0.4, 0.5) is 5.69 Å². The van der Waals surface area contributed by atoms with Gasteiger partial charge < -0.3 is 14.0 Å². The number of nitrogens with zero attached hydrogens (tertiary/aromatic N) is 2. The van der Waals surface area contributed by atoms with Crippen LogP contribution in [0.2, 0.25) is 0 Å². The second kappa shape index (κ2) is 12.9. The second-order valence-electron chi connectivity index (χ2n) is 8.96. The highest BCUT2D eigenvalue weighted by Gasteiger charge is 2.17. The lowest BCUT2D eigenvalue weighted by molar-refractivity contribution is -0.143. The van der Waals surface area contributed by atoms with Crippen molar-refractivity contribution in [2.24, 2.45) is 4.99 Å². The summed E-state index contributed by atoms with van der Waals surface area (Å²) in [5.74, 6) is -0.464. The van der Waals surface area contributed by atoms with Crippen LogP contribution in [0.5, 0.6) is 5.75 Å². The maximum Gasteiger partial charge on any atom is 0.326 e. The Balaban J connectivity index is 1.66. The zero-order valence-corrected chi connectivity index (χ0v) is 24.2. The molecule has 0 aliphatic rings. The zero-order valence-electron chi connectivity index (χ0n) is 22.5. The van der Waals surface area contributed by atoms with Gasteiger partial charge in [0.2, 0.25) is 0 Å². The Hall–Kier alpha value is -3.96. The number of aromatic nitrogens is 1. The topological polar surface area (TPSA) is 116 Å². The number of aryl methyl sites for hydroxylation is 1. The fraction of sp³-hybridized carbons (Fsp3) is 0.276. The molecule has 11 heteroatoms. The third-order valence-electron chi connectivity index (χ3n) is 6.09. The number of rotatable bonds is 11. The highest BCUT2D eigenvalue weighted by atomic mass is 32.2. The molecular formula is C29H31N3O6S2. The van der Waals surface area contributed by atoms with Crippen LogP contribution in [-0.2, 0) is 32.5 Å². The number of amides is 1. The van der Waals surface area contributed by atoms with Gasteiger partial charge in [-0.25, -0.2) is 8.42 Å². The summed E-state index contributed by atoms with van der Waals surface area (Å²) in [5.41, 5.74) is 2.37. The van der Waals surface area contributed by atoms with Gasteiger partial charge in [0.15, 0.2) is 4.80 Å². The standard InChI is InChI=1S/C29H31N3O6S2/c1-4-6-8-20-11-16-25-26(17-20)39-29(32(25)19-27(33)38-5-2)30-28(34)21-9-7-10-22(18-21)31-40(35,36)24-14-12-23(37-3)13-15-24/h7,9-18,31H,4-6,8,19H2,1-3H3. The van der Waals surface area contributed by atoms with E-state index in [4.69, 9.17) is 9.47 Å². The number of hydrogen-bond donors (Lipinski definition) is 1. The minimum Gasteiger partial charge on any atom is -0.497 e. The molecule has 0 fully saturated rings. The number of sulfonamides is 1. The van der Waals surface area contributed by atoms with Gasteiger partial charge in [-0.15, -0.1) is 0 Å². The molecule has 1 heterocycles. The van der Waals surface area contributed by atoms with Crippen molar-refractivity contribution < 1.29 is 27.5 Å². The number of hydrogen-bond acceptors (Lipinski definition) is 7. The molecule has 1 aromatic heterocycles.